The number of nitrogens with zero attached hydrogens (tertiary/aromatic N) is 3. The third-order valence-corrected chi connectivity index (χ3v) is 2.89. The van der Waals surface area contributed by atoms with E-state index in [9.17, 15) is 0 Å². The lowest BCUT2D eigenvalue weighted by Crippen LogP contribution is -1.98. The molecule has 5 heteroatoms. The molecule has 0 atom stereocenters. The van der Waals surface area contributed by atoms with Crippen LogP contribution < -0.4 is 4.74 Å². The molecule has 0 saturated carbocycles. The van der Waals surface area contributed by atoms with Gasteiger partial charge in [-0.2, -0.15) is 4.37 Å². The van der Waals surface area contributed by atoms with Crippen LogP contribution in [0.15, 0.2) is 36.7 Å². The average molecular weight is 261 g/mol. The van der Waals surface area contributed by atoms with Crippen molar-refractivity contribution in [2.24, 2.45) is 0 Å². The van der Waals surface area contributed by atoms with E-state index in [0.29, 0.717) is 12.5 Å². The van der Waals surface area contributed by atoms with Gasteiger partial charge in [-0.1, -0.05) is 12.2 Å². The van der Waals surface area contributed by atoms with Gasteiger partial charge in [0.2, 0.25) is 0 Å². The Labute approximate surface area is 111 Å². The third kappa shape index (κ3) is 3.37. The second-order valence-corrected chi connectivity index (χ2v) is 4.25. The zero-order valence-corrected chi connectivity index (χ0v) is 11.1. The molecule has 0 aliphatic heterocycles. The Balaban J connectivity index is 1.96. The van der Waals surface area contributed by atoms with Crippen molar-refractivity contribution in [3.63, 3.8) is 0 Å². The number of allylic oxidation sites excluding steroid dienone is 2. The van der Waals surface area contributed by atoms with Crippen molar-refractivity contribution in [3.8, 4) is 17.1 Å². The molecule has 4 nitrogen and oxygen atoms in total. The Bertz CT molecular complexity index is 496. The smallest absolute Gasteiger partial charge is 0.254 e. The lowest BCUT2D eigenvalue weighted by atomic mass is 10.2. The van der Waals surface area contributed by atoms with Crippen LogP contribution in [0.5, 0.6) is 5.88 Å². The summed E-state index contributed by atoms with van der Waals surface area (Å²) in [5.74, 6) is 0.605. The third-order valence-electron chi connectivity index (χ3n) is 2.38. The number of pyridine rings is 1. The summed E-state index contributed by atoms with van der Waals surface area (Å²) in [6, 6.07) is 3.83. The van der Waals surface area contributed by atoms with Gasteiger partial charge in [0.05, 0.1) is 18.3 Å². The molecule has 0 spiro atoms. The Hall–Kier alpha value is -1.75. The lowest BCUT2D eigenvalue weighted by molar-refractivity contribution is 0.304. The standard InChI is InChI=1S/C13H15N3OS/c1-2-3-4-5-9-17-13-12(15-18-16-13)11-7-6-8-14-10-11/h2-3,6-8,10H,4-5,9H2,1H3/b3-2+. The molecule has 2 aromatic rings. The maximum atomic E-state index is 5.65. The lowest BCUT2D eigenvalue weighted by Gasteiger charge is -2.03. The van der Waals surface area contributed by atoms with Gasteiger partial charge in [-0.05, 0) is 31.9 Å². The first-order chi connectivity index (χ1) is 8.92. The van der Waals surface area contributed by atoms with Crippen molar-refractivity contribution >= 4 is 11.7 Å². The number of hydrogen-bond acceptors (Lipinski definition) is 5. The zero-order chi connectivity index (χ0) is 12.6. The zero-order valence-electron chi connectivity index (χ0n) is 10.2. The molecule has 18 heavy (non-hydrogen) atoms. The van der Waals surface area contributed by atoms with Crippen molar-refractivity contribution in [2.75, 3.05) is 6.61 Å². The van der Waals surface area contributed by atoms with Crippen LogP contribution in [-0.4, -0.2) is 20.3 Å². The number of aromatic nitrogens is 3. The molecule has 0 aromatic carbocycles. The molecule has 0 bridgehead atoms. The van der Waals surface area contributed by atoms with Gasteiger partial charge in [0, 0.05) is 18.0 Å². The fourth-order valence-corrected chi connectivity index (χ4v) is 2.01. The molecule has 0 saturated heterocycles. The average Bonchev–Trinajstić information content (AvgIpc) is 2.88. The second-order valence-electron chi connectivity index (χ2n) is 3.72. The number of hydrogen-bond donors (Lipinski definition) is 0. The van der Waals surface area contributed by atoms with E-state index in [1.54, 1.807) is 12.4 Å². The maximum Gasteiger partial charge on any atom is 0.254 e. The summed E-state index contributed by atoms with van der Waals surface area (Å²) in [5.41, 5.74) is 1.72. The van der Waals surface area contributed by atoms with Gasteiger partial charge >= 0.3 is 0 Å². The highest BCUT2D eigenvalue weighted by atomic mass is 32.1. The molecule has 0 amide bonds. The summed E-state index contributed by atoms with van der Waals surface area (Å²) in [5, 5.41) is 0. The van der Waals surface area contributed by atoms with Gasteiger partial charge < -0.3 is 4.74 Å². The highest BCUT2D eigenvalue weighted by Gasteiger charge is 2.11. The normalized spacial score (nSPS) is 10.9. The van der Waals surface area contributed by atoms with Crippen LogP contribution in [0.2, 0.25) is 0 Å². The van der Waals surface area contributed by atoms with Crippen LogP contribution in [0.4, 0.5) is 0 Å². The monoisotopic (exact) mass is 261 g/mol. The van der Waals surface area contributed by atoms with Gasteiger partial charge in [-0.25, -0.2) is 0 Å². The highest BCUT2D eigenvalue weighted by molar-refractivity contribution is 6.99. The molecule has 2 heterocycles. The van der Waals surface area contributed by atoms with E-state index in [4.69, 9.17) is 4.74 Å². The van der Waals surface area contributed by atoms with Gasteiger partial charge in [0.1, 0.15) is 5.69 Å². The molecule has 0 N–H and O–H groups in total. The van der Waals surface area contributed by atoms with Crippen molar-refractivity contribution in [1.82, 2.24) is 13.7 Å². The molecule has 2 aromatic heterocycles. The minimum Gasteiger partial charge on any atom is -0.475 e. The second kappa shape index (κ2) is 6.86. The van der Waals surface area contributed by atoms with Crippen LogP contribution in [0, 0.1) is 0 Å². The highest BCUT2D eigenvalue weighted by Crippen LogP contribution is 2.26. The number of unbranched alkanes of at least 4 members (excludes halogenated alkanes) is 1. The van der Waals surface area contributed by atoms with Crippen LogP contribution in [0.1, 0.15) is 19.8 Å². The van der Waals surface area contributed by atoms with Crippen LogP contribution in [0.25, 0.3) is 11.3 Å². The summed E-state index contributed by atoms with van der Waals surface area (Å²) in [6.07, 6.45) is 9.69. The van der Waals surface area contributed by atoms with Crippen LogP contribution in [0.3, 0.4) is 0 Å². The van der Waals surface area contributed by atoms with E-state index < -0.39 is 0 Å². The molecule has 0 unspecified atom stereocenters. The van der Waals surface area contributed by atoms with E-state index in [1.165, 1.54) is 0 Å². The fourth-order valence-electron chi connectivity index (χ4n) is 1.49. The first kappa shape index (κ1) is 12.7. The summed E-state index contributed by atoms with van der Waals surface area (Å²) < 4.78 is 14.1. The van der Waals surface area contributed by atoms with Gasteiger partial charge in [0.25, 0.3) is 5.88 Å². The minimum atomic E-state index is 0.605. The van der Waals surface area contributed by atoms with Gasteiger partial charge in [-0.3, -0.25) is 4.98 Å². The SMILES string of the molecule is C/C=C/CCCOc1nsnc1-c1cccnc1. The van der Waals surface area contributed by atoms with Crippen molar-refractivity contribution in [2.45, 2.75) is 19.8 Å². The van der Waals surface area contributed by atoms with E-state index in [2.05, 4.69) is 19.8 Å². The summed E-state index contributed by atoms with van der Waals surface area (Å²) in [4.78, 5) is 4.07. The Morgan fingerprint density at radius 3 is 3.11 bits per heavy atom. The Morgan fingerprint density at radius 1 is 1.39 bits per heavy atom. The largest absolute Gasteiger partial charge is 0.475 e. The predicted octanol–water partition coefficient (Wildman–Crippen LogP) is 3.34. The Kier molecular flexibility index (Phi) is 4.84. The first-order valence-corrected chi connectivity index (χ1v) is 6.61. The molecule has 2 rings (SSSR count). The number of ether oxygens (including phenoxy) is 1. The number of rotatable bonds is 6. The molecule has 94 valence electrons. The molecular formula is C13H15N3OS. The quantitative estimate of drug-likeness (QED) is 0.591. The van der Waals surface area contributed by atoms with Gasteiger partial charge in [-0.15, -0.1) is 4.37 Å². The van der Waals surface area contributed by atoms with E-state index >= 15 is 0 Å². The van der Waals surface area contributed by atoms with Crippen molar-refractivity contribution < 1.29 is 4.74 Å². The summed E-state index contributed by atoms with van der Waals surface area (Å²) in [6.45, 7) is 2.68. The molecule has 0 fully saturated rings. The predicted molar refractivity (Wildman–Crippen MR) is 72.7 cm³/mol. The van der Waals surface area contributed by atoms with E-state index in [0.717, 1.165) is 35.8 Å². The summed E-state index contributed by atoms with van der Waals surface area (Å²) in [7, 11) is 0. The minimum absolute atomic E-state index is 0.605. The van der Waals surface area contributed by atoms with Gasteiger partial charge in [0.15, 0.2) is 0 Å². The fraction of sp³-hybridized carbons (Fsp3) is 0.308. The topological polar surface area (TPSA) is 47.9 Å². The summed E-state index contributed by atoms with van der Waals surface area (Å²) >= 11 is 1.16. The van der Waals surface area contributed by atoms with Crippen molar-refractivity contribution in [1.29, 1.82) is 0 Å². The van der Waals surface area contributed by atoms with E-state index in [1.807, 2.05) is 25.1 Å². The molecule has 0 aliphatic carbocycles. The molecule has 0 aliphatic rings. The Morgan fingerprint density at radius 2 is 2.33 bits per heavy atom. The van der Waals surface area contributed by atoms with E-state index in [-0.39, 0.29) is 0 Å². The first-order valence-electron chi connectivity index (χ1n) is 5.88. The van der Waals surface area contributed by atoms with Crippen LogP contribution >= 0.6 is 11.7 Å². The van der Waals surface area contributed by atoms with Crippen LogP contribution in [-0.2, 0) is 0 Å². The molecular weight excluding hydrogens is 246 g/mol. The van der Waals surface area contributed by atoms with Crippen molar-refractivity contribution in [3.05, 3.63) is 36.7 Å². The molecule has 0 radical (unpaired) electrons. The maximum absolute atomic E-state index is 5.65.